The van der Waals surface area contributed by atoms with E-state index in [9.17, 15) is 4.79 Å². The summed E-state index contributed by atoms with van der Waals surface area (Å²) in [4.78, 5) is 26.8. The Kier molecular flexibility index (Phi) is 7.38. The van der Waals surface area contributed by atoms with E-state index in [0.29, 0.717) is 29.9 Å². The molecule has 37 heavy (non-hydrogen) atoms. The maximum Gasteiger partial charge on any atom is 0.305 e. The van der Waals surface area contributed by atoms with Crippen LogP contribution in [-0.2, 0) is 30.3 Å². The number of benzene rings is 1. The molecule has 2 saturated heterocycles. The summed E-state index contributed by atoms with van der Waals surface area (Å²) in [5.74, 6) is -0.611. The minimum atomic E-state index is -0.745. The lowest BCUT2D eigenvalue weighted by Crippen LogP contribution is -2.40. The van der Waals surface area contributed by atoms with Crippen molar-refractivity contribution in [3.05, 3.63) is 48.5 Å². The van der Waals surface area contributed by atoms with Crippen LogP contribution in [0.15, 0.2) is 43.0 Å². The highest BCUT2D eigenvalue weighted by atomic mass is 16.8. The molecular formula is C26H34N6O5. The van der Waals surface area contributed by atoms with Gasteiger partial charge in [-0.25, -0.2) is 15.0 Å². The van der Waals surface area contributed by atoms with Gasteiger partial charge in [-0.3, -0.25) is 14.3 Å². The number of hydrogen-bond donors (Lipinski definition) is 1. The van der Waals surface area contributed by atoms with E-state index in [-0.39, 0.29) is 24.3 Å². The van der Waals surface area contributed by atoms with Crippen LogP contribution in [0.3, 0.4) is 0 Å². The van der Waals surface area contributed by atoms with Crippen molar-refractivity contribution in [2.45, 2.75) is 70.0 Å². The van der Waals surface area contributed by atoms with Gasteiger partial charge in [-0.05, 0) is 38.8 Å². The van der Waals surface area contributed by atoms with Gasteiger partial charge in [0.2, 0.25) is 0 Å². The second-order valence-corrected chi connectivity index (χ2v) is 9.97. The maximum atomic E-state index is 11.6. The van der Waals surface area contributed by atoms with Gasteiger partial charge in [-0.1, -0.05) is 30.3 Å². The molecule has 2 fully saturated rings. The van der Waals surface area contributed by atoms with Crippen LogP contribution in [0.5, 0.6) is 0 Å². The van der Waals surface area contributed by atoms with Gasteiger partial charge in [0, 0.05) is 19.5 Å². The largest absolute Gasteiger partial charge is 0.469 e. The van der Waals surface area contributed by atoms with Crippen molar-refractivity contribution in [2.75, 3.05) is 25.9 Å². The molecule has 2 aliphatic heterocycles. The minimum absolute atomic E-state index is 0.185. The number of rotatable bonds is 10. The molecule has 1 aromatic carbocycles. The number of esters is 1. The summed E-state index contributed by atoms with van der Waals surface area (Å²) >= 11 is 0. The Morgan fingerprint density at radius 1 is 1.14 bits per heavy atom. The standard InChI is InChI=1S/C26H34N6O5/c1-26(2)36-21-18(14-31(12-8-7-11-19(33)34-3)13-17-9-5-4-6-10-17)35-25(22(21)37-26)32-16-30-20-23(27)28-15-29-24(20)32/h4-6,9-10,15-16,18,21-22,25H,7-8,11-14H2,1-3H3,(H2,27,28,29). The van der Waals surface area contributed by atoms with E-state index in [4.69, 9.17) is 24.7 Å². The Morgan fingerprint density at radius 3 is 2.70 bits per heavy atom. The fourth-order valence-corrected chi connectivity index (χ4v) is 5.12. The molecule has 0 spiro atoms. The van der Waals surface area contributed by atoms with E-state index in [1.54, 1.807) is 6.33 Å². The molecule has 4 atom stereocenters. The first kappa shape index (κ1) is 25.5. The smallest absolute Gasteiger partial charge is 0.305 e. The maximum absolute atomic E-state index is 11.6. The monoisotopic (exact) mass is 510 g/mol. The number of hydrogen-bond acceptors (Lipinski definition) is 10. The Hall–Kier alpha value is -3.12. The molecule has 4 heterocycles. The van der Waals surface area contributed by atoms with Gasteiger partial charge < -0.3 is 24.7 Å². The Bertz CT molecular complexity index is 1220. The summed E-state index contributed by atoms with van der Waals surface area (Å²) in [5, 5.41) is 0. The van der Waals surface area contributed by atoms with Crippen LogP contribution in [-0.4, -0.2) is 74.7 Å². The number of nitrogens with zero attached hydrogens (tertiary/aromatic N) is 5. The summed E-state index contributed by atoms with van der Waals surface area (Å²) in [5.41, 5.74) is 8.34. The van der Waals surface area contributed by atoms with Gasteiger partial charge in [0.05, 0.1) is 13.4 Å². The molecule has 0 amide bonds. The number of nitrogens with two attached hydrogens (primary N) is 1. The minimum Gasteiger partial charge on any atom is -0.469 e. The van der Waals surface area contributed by atoms with E-state index < -0.39 is 12.0 Å². The van der Waals surface area contributed by atoms with Crippen LogP contribution in [0.2, 0.25) is 0 Å². The van der Waals surface area contributed by atoms with E-state index in [1.165, 1.54) is 19.0 Å². The summed E-state index contributed by atoms with van der Waals surface area (Å²) in [6.45, 7) is 6.02. The number of fused-ring (bicyclic) bond motifs is 2. The molecule has 2 aliphatic rings. The molecule has 11 nitrogen and oxygen atoms in total. The highest BCUT2D eigenvalue weighted by molar-refractivity contribution is 5.81. The van der Waals surface area contributed by atoms with Gasteiger partial charge >= 0.3 is 5.97 Å². The number of imidazole rings is 1. The fourth-order valence-electron chi connectivity index (χ4n) is 5.12. The Morgan fingerprint density at radius 2 is 1.92 bits per heavy atom. The van der Waals surface area contributed by atoms with Crippen LogP contribution in [0, 0.1) is 0 Å². The molecule has 2 aromatic heterocycles. The second-order valence-electron chi connectivity index (χ2n) is 9.97. The SMILES string of the molecule is COC(=O)CCCCN(Cc1ccccc1)CC1OC(n2cnc3c(N)ncnc32)C2OC(C)(C)OC12. The molecule has 11 heteroatoms. The number of carbonyl (C=O) groups is 1. The highest BCUT2D eigenvalue weighted by Gasteiger charge is 2.56. The van der Waals surface area contributed by atoms with Crippen LogP contribution >= 0.6 is 0 Å². The van der Waals surface area contributed by atoms with Gasteiger partial charge in [0.15, 0.2) is 23.5 Å². The predicted molar refractivity (Wildman–Crippen MR) is 135 cm³/mol. The van der Waals surface area contributed by atoms with Crippen LogP contribution in [0.1, 0.15) is 44.9 Å². The Labute approximate surface area is 215 Å². The average Bonchev–Trinajstić information content (AvgIpc) is 3.54. The zero-order valence-electron chi connectivity index (χ0n) is 21.4. The third-order valence-corrected chi connectivity index (χ3v) is 6.81. The zero-order chi connectivity index (χ0) is 26.0. The normalized spacial score (nSPS) is 24.5. The number of nitrogen functional groups attached to an aromatic ring is 1. The van der Waals surface area contributed by atoms with Crippen molar-refractivity contribution < 1.29 is 23.7 Å². The highest BCUT2D eigenvalue weighted by Crippen LogP contribution is 2.44. The van der Waals surface area contributed by atoms with Crippen molar-refractivity contribution in [2.24, 2.45) is 0 Å². The van der Waals surface area contributed by atoms with Gasteiger partial charge in [-0.2, -0.15) is 0 Å². The van der Waals surface area contributed by atoms with Crippen molar-refractivity contribution in [3.63, 3.8) is 0 Å². The van der Waals surface area contributed by atoms with Crippen molar-refractivity contribution in [3.8, 4) is 0 Å². The summed E-state index contributed by atoms with van der Waals surface area (Å²) in [7, 11) is 1.42. The summed E-state index contributed by atoms with van der Waals surface area (Å²) < 4.78 is 25.9. The number of unbranched alkanes of at least 4 members (excludes halogenated alkanes) is 1. The summed E-state index contributed by atoms with van der Waals surface area (Å²) in [6.07, 6.45) is 3.77. The number of aromatic nitrogens is 4. The lowest BCUT2D eigenvalue weighted by molar-refractivity contribution is -0.198. The molecular weight excluding hydrogens is 476 g/mol. The first-order valence-electron chi connectivity index (χ1n) is 12.6. The lowest BCUT2D eigenvalue weighted by atomic mass is 10.1. The molecule has 4 unspecified atom stereocenters. The number of carbonyl (C=O) groups excluding carboxylic acids is 1. The summed E-state index contributed by atoms with van der Waals surface area (Å²) in [6, 6.07) is 10.3. The van der Waals surface area contributed by atoms with Crippen LogP contribution < -0.4 is 5.73 Å². The Balaban J connectivity index is 1.36. The molecule has 0 saturated carbocycles. The first-order chi connectivity index (χ1) is 17.8. The van der Waals surface area contributed by atoms with E-state index in [1.807, 2.05) is 36.6 Å². The van der Waals surface area contributed by atoms with Crippen LogP contribution in [0.25, 0.3) is 11.2 Å². The number of ether oxygens (including phenoxy) is 4. The van der Waals surface area contributed by atoms with E-state index >= 15 is 0 Å². The molecule has 198 valence electrons. The molecule has 0 aliphatic carbocycles. The molecule has 0 bridgehead atoms. The van der Waals surface area contributed by atoms with Crippen molar-refractivity contribution in [1.82, 2.24) is 24.4 Å². The third-order valence-electron chi connectivity index (χ3n) is 6.81. The zero-order valence-corrected chi connectivity index (χ0v) is 21.4. The molecule has 5 rings (SSSR count). The number of anilines is 1. The first-order valence-corrected chi connectivity index (χ1v) is 12.6. The van der Waals surface area contributed by atoms with Crippen molar-refractivity contribution >= 4 is 23.0 Å². The van der Waals surface area contributed by atoms with Crippen LogP contribution in [0.4, 0.5) is 5.82 Å². The number of methoxy groups -OCH3 is 1. The van der Waals surface area contributed by atoms with Gasteiger partial charge in [-0.15, -0.1) is 0 Å². The average molecular weight is 511 g/mol. The van der Waals surface area contributed by atoms with Crippen molar-refractivity contribution in [1.29, 1.82) is 0 Å². The molecule has 2 N–H and O–H groups in total. The van der Waals surface area contributed by atoms with E-state index in [0.717, 1.165) is 25.9 Å². The van der Waals surface area contributed by atoms with Gasteiger partial charge in [0.1, 0.15) is 30.2 Å². The third kappa shape index (κ3) is 5.59. The quantitative estimate of drug-likeness (QED) is 0.321. The fraction of sp³-hybridized carbons (Fsp3) is 0.538. The van der Waals surface area contributed by atoms with E-state index in [2.05, 4.69) is 32.0 Å². The van der Waals surface area contributed by atoms with Gasteiger partial charge in [0.25, 0.3) is 0 Å². The molecule has 3 aromatic rings. The predicted octanol–water partition coefficient (Wildman–Crippen LogP) is 2.67. The molecule has 0 radical (unpaired) electrons. The topological polar surface area (TPSA) is 127 Å². The lowest BCUT2D eigenvalue weighted by Gasteiger charge is -2.29. The second kappa shape index (κ2) is 10.7.